The lowest BCUT2D eigenvalue weighted by Gasteiger charge is -2.01. The molecule has 5 heteroatoms. The number of hydrogen-bond acceptors (Lipinski definition) is 4. The number of hydrogen-bond donors (Lipinski definition) is 1. The number of carbonyl (C=O) groups excluding carboxylic acids is 3. The van der Waals surface area contributed by atoms with Gasteiger partial charge in [0.2, 0.25) is 5.91 Å². The van der Waals surface area contributed by atoms with Crippen molar-refractivity contribution in [2.75, 3.05) is 6.61 Å². The third-order valence-electron chi connectivity index (χ3n) is 2.55. The van der Waals surface area contributed by atoms with Crippen molar-refractivity contribution in [2.45, 2.75) is 32.1 Å². The molecule has 1 aliphatic rings. The molecule has 0 aromatic rings. The molecule has 0 bridgehead atoms. The van der Waals surface area contributed by atoms with Crippen LogP contribution in [0.5, 0.6) is 0 Å². The van der Waals surface area contributed by atoms with Gasteiger partial charge in [-0.15, -0.1) is 0 Å². The first kappa shape index (κ1) is 14.2. The van der Waals surface area contributed by atoms with Crippen LogP contribution in [0.4, 0.5) is 0 Å². The lowest BCUT2D eigenvalue weighted by molar-refractivity contribution is -0.137. The first-order valence-electron chi connectivity index (χ1n) is 5.96. The molecule has 1 fully saturated rings. The van der Waals surface area contributed by atoms with E-state index in [1.807, 2.05) is 0 Å². The Morgan fingerprint density at radius 3 is 2.72 bits per heavy atom. The average Bonchev–Trinajstić information content (AvgIpc) is 2.66. The van der Waals surface area contributed by atoms with Crippen LogP contribution in [-0.4, -0.2) is 24.4 Å². The quantitative estimate of drug-likeness (QED) is 0.320. The summed E-state index contributed by atoms with van der Waals surface area (Å²) in [5.74, 6) is -0.916. The largest absolute Gasteiger partial charge is 0.463 e. The normalized spacial score (nSPS) is 16.8. The van der Waals surface area contributed by atoms with Crippen molar-refractivity contribution in [1.29, 1.82) is 0 Å². The monoisotopic (exact) mass is 251 g/mol. The second kappa shape index (κ2) is 7.42. The van der Waals surface area contributed by atoms with Crippen LogP contribution >= 0.6 is 0 Å². The van der Waals surface area contributed by atoms with Gasteiger partial charge in [-0.1, -0.05) is 12.7 Å². The predicted octanol–water partition coefficient (Wildman–Crippen LogP) is 1.25. The summed E-state index contributed by atoms with van der Waals surface area (Å²) in [7, 11) is 0. The van der Waals surface area contributed by atoms with Gasteiger partial charge >= 0.3 is 5.97 Å². The summed E-state index contributed by atoms with van der Waals surface area (Å²) in [5, 5.41) is 2.23. The molecule has 0 aromatic heterocycles. The number of nitrogens with one attached hydrogen (secondary N) is 1. The zero-order chi connectivity index (χ0) is 13.4. The fraction of sp³-hybridized carbons (Fsp3) is 0.462. The van der Waals surface area contributed by atoms with E-state index in [1.54, 1.807) is 6.08 Å². The molecule has 1 aliphatic heterocycles. The van der Waals surface area contributed by atoms with Crippen molar-refractivity contribution in [2.24, 2.45) is 0 Å². The standard InChI is InChI=1S/C13H17NO4/c1-2-12(16)18-8-6-4-3-5-7-10-9-11(15)14-13(10)17/h2,7H,1,3-6,8-9H2,(H,14,15,17). The van der Waals surface area contributed by atoms with Crippen molar-refractivity contribution in [3.8, 4) is 0 Å². The van der Waals surface area contributed by atoms with E-state index in [2.05, 4.69) is 11.9 Å². The maximum Gasteiger partial charge on any atom is 0.330 e. The highest BCUT2D eigenvalue weighted by Gasteiger charge is 2.22. The van der Waals surface area contributed by atoms with Crippen LogP contribution in [0.3, 0.4) is 0 Å². The molecule has 5 nitrogen and oxygen atoms in total. The second-order valence-corrected chi connectivity index (χ2v) is 4.00. The van der Waals surface area contributed by atoms with Crippen molar-refractivity contribution in [3.63, 3.8) is 0 Å². The van der Waals surface area contributed by atoms with Gasteiger partial charge in [-0.05, 0) is 25.7 Å². The van der Waals surface area contributed by atoms with Crippen molar-refractivity contribution in [3.05, 3.63) is 24.3 Å². The maximum atomic E-state index is 11.2. The molecular weight excluding hydrogens is 234 g/mol. The summed E-state index contributed by atoms with van der Waals surface area (Å²) in [4.78, 5) is 32.8. The Labute approximate surface area is 106 Å². The molecule has 2 amide bonds. The van der Waals surface area contributed by atoms with E-state index in [-0.39, 0.29) is 18.2 Å². The molecule has 18 heavy (non-hydrogen) atoms. The van der Waals surface area contributed by atoms with Gasteiger partial charge in [0.25, 0.3) is 5.91 Å². The molecule has 1 rings (SSSR count). The van der Waals surface area contributed by atoms with Gasteiger partial charge in [-0.3, -0.25) is 14.9 Å². The van der Waals surface area contributed by atoms with Crippen LogP contribution in [-0.2, 0) is 19.1 Å². The first-order valence-corrected chi connectivity index (χ1v) is 5.96. The number of imide groups is 1. The number of unbranched alkanes of at least 4 members (excludes halogenated alkanes) is 3. The molecule has 0 unspecified atom stereocenters. The highest BCUT2D eigenvalue weighted by Crippen LogP contribution is 2.12. The van der Waals surface area contributed by atoms with Crippen LogP contribution in [0.25, 0.3) is 0 Å². The van der Waals surface area contributed by atoms with Crippen LogP contribution in [0.1, 0.15) is 32.1 Å². The first-order chi connectivity index (χ1) is 8.63. The van der Waals surface area contributed by atoms with Crippen LogP contribution in [0, 0.1) is 0 Å². The molecule has 0 aromatic carbocycles. The molecule has 0 radical (unpaired) electrons. The molecular formula is C13H17NO4. The van der Waals surface area contributed by atoms with E-state index in [4.69, 9.17) is 4.74 Å². The van der Waals surface area contributed by atoms with Crippen LogP contribution < -0.4 is 5.32 Å². The SMILES string of the molecule is C=CC(=O)OCCCCCC=C1CC(=O)NC1=O. The van der Waals surface area contributed by atoms with Gasteiger partial charge in [-0.25, -0.2) is 4.79 Å². The minimum absolute atomic E-state index is 0.190. The van der Waals surface area contributed by atoms with E-state index >= 15 is 0 Å². The van der Waals surface area contributed by atoms with Gasteiger partial charge in [0.05, 0.1) is 13.0 Å². The topological polar surface area (TPSA) is 72.5 Å². The Hall–Kier alpha value is -1.91. The van der Waals surface area contributed by atoms with Crippen molar-refractivity contribution >= 4 is 17.8 Å². The molecule has 98 valence electrons. The highest BCUT2D eigenvalue weighted by molar-refractivity contribution is 6.13. The van der Waals surface area contributed by atoms with Gasteiger partial charge in [0, 0.05) is 11.6 Å². The third kappa shape index (κ3) is 4.95. The molecule has 1 heterocycles. The Kier molecular flexibility index (Phi) is 5.84. The fourth-order valence-corrected chi connectivity index (χ4v) is 1.60. The average molecular weight is 251 g/mol. The summed E-state index contributed by atoms with van der Waals surface area (Å²) < 4.78 is 4.82. The molecule has 1 N–H and O–H groups in total. The minimum atomic E-state index is -0.404. The third-order valence-corrected chi connectivity index (χ3v) is 2.55. The smallest absolute Gasteiger partial charge is 0.330 e. The Morgan fingerprint density at radius 1 is 1.33 bits per heavy atom. The zero-order valence-corrected chi connectivity index (χ0v) is 10.2. The number of esters is 1. The highest BCUT2D eigenvalue weighted by atomic mass is 16.5. The van der Waals surface area contributed by atoms with Gasteiger partial charge in [0.15, 0.2) is 0 Å². The lowest BCUT2D eigenvalue weighted by Crippen LogP contribution is -2.19. The van der Waals surface area contributed by atoms with E-state index in [1.165, 1.54) is 0 Å². The summed E-state index contributed by atoms with van der Waals surface area (Å²) in [6.07, 6.45) is 6.48. The predicted molar refractivity (Wildman–Crippen MR) is 65.5 cm³/mol. The number of ether oxygens (including phenoxy) is 1. The maximum absolute atomic E-state index is 11.2. The van der Waals surface area contributed by atoms with Gasteiger partial charge < -0.3 is 4.74 Å². The molecule has 0 spiro atoms. The van der Waals surface area contributed by atoms with Crippen molar-refractivity contribution < 1.29 is 19.1 Å². The number of allylic oxidation sites excluding steroid dienone is 1. The molecule has 0 atom stereocenters. The van der Waals surface area contributed by atoms with Crippen molar-refractivity contribution in [1.82, 2.24) is 5.32 Å². The lowest BCUT2D eigenvalue weighted by atomic mass is 10.1. The van der Waals surface area contributed by atoms with E-state index in [9.17, 15) is 14.4 Å². The number of carbonyl (C=O) groups is 3. The van der Waals surface area contributed by atoms with Gasteiger partial charge in [-0.2, -0.15) is 0 Å². The Bertz CT molecular complexity index is 384. The van der Waals surface area contributed by atoms with E-state index in [0.29, 0.717) is 12.2 Å². The molecule has 1 saturated heterocycles. The summed E-state index contributed by atoms with van der Waals surface area (Å²) in [6, 6.07) is 0. The number of rotatable bonds is 7. The Morgan fingerprint density at radius 2 is 2.11 bits per heavy atom. The second-order valence-electron chi connectivity index (χ2n) is 4.00. The zero-order valence-electron chi connectivity index (χ0n) is 10.2. The van der Waals surface area contributed by atoms with Gasteiger partial charge in [0.1, 0.15) is 0 Å². The number of amides is 2. The summed E-state index contributed by atoms with van der Waals surface area (Å²) in [5.41, 5.74) is 0.554. The summed E-state index contributed by atoms with van der Waals surface area (Å²) >= 11 is 0. The molecule has 0 saturated carbocycles. The Balaban J connectivity index is 2.07. The van der Waals surface area contributed by atoms with Crippen LogP contribution in [0.15, 0.2) is 24.3 Å². The fourth-order valence-electron chi connectivity index (χ4n) is 1.60. The summed E-state index contributed by atoms with van der Waals surface area (Å²) in [6.45, 7) is 3.69. The van der Waals surface area contributed by atoms with E-state index < -0.39 is 5.97 Å². The van der Waals surface area contributed by atoms with Crippen LogP contribution in [0.2, 0.25) is 0 Å². The van der Waals surface area contributed by atoms with E-state index in [0.717, 1.165) is 31.8 Å². The molecule has 0 aliphatic carbocycles. The minimum Gasteiger partial charge on any atom is -0.463 e.